The molecule has 0 bridgehead atoms. The Morgan fingerprint density at radius 3 is 2.81 bits per heavy atom. The van der Waals surface area contributed by atoms with Crippen LogP contribution in [0.25, 0.3) is 5.69 Å². The van der Waals surface area contributed by atoms with Gasteiger partial charge in [0.05, 0.1) is 25.0 Å². The molecule has 1 atom stereocenters. The van der Waals surface area contributed by atoms with Crippen LogP contribution >= 0.6 is 23.1 Å². The maximum absolute atomic E-state index is 10.1. The van der Waals surface area contributed by atoms with Gasteiger partial charge in [-0.25, -0.2) is 9.67 Å². The van der Waals surface area contributed by atoms with E-state index < -0.39 is 6.10 Å². The van der Waals surface area contributed by atoms with Gasteiger partial charge in [0.15, 0.2) is 0 Å². The average molecular weight is 388 g/mol. The van der Waals surface area contributed by atoms with Gasteiger partial charge in [0.25, 0.3) is 0 Å². The average Bonchev–Trinajstić information content (AvgIpc) is 3.21. The second kappa shape index (κ2) is 8.35. The number of ether oxygens (including phenoxy) is 1. The van der Waals surface area contributed by atoms with Crippen LogP contribution in [0.1, 0.15) is 29.5 Å². The number of hydrogen-bond donors (Lipinski definition) is 1. The van der Waals surface area contributed by atoms with Crippen LogP contribution in [0.4, 0.5) is 0 Å². The molecule has 26 heavy (non-hydrogen) atoms. The molecule has 1 aliphatic rings. The van der Waals surface area contributed by atoms with Gasteiger partial charge in [-0.1, -0.05) is 36.0 Å². The fourth-order valence-corrected chi connectivity index (χ4v) is 4.02. The van der Waals surface area contributed by atoms with E-state index in [9.17, 15) is 5.11 Å². The number of thiophene rings is 1. The topological polar surface area (TPSA) is 60.2 Å². The molecule has 0 aliphatic heterocycles. The van der Waals surface area contributed by atoms with Gasteiger partial charge in [0.1, 0.15) is 5.82 Å². The van der Waals surface area contributed by atoms with E-state index in [4.69, 9.17) is 9.72 Å². The van der Waals surface area contributed by atoms with E-state index in [0.717, 1.165) is 11.5 Å². The van der Waals surface area contributed by atoms with Crippen LogP contribution < -0.4 is 0 Å². The predicted octanol–water partition coefficient (Wildman–Crippen LogP) is 3.88. The molecular formula is C19H21N3O2S2. The summed E-state index contributed by atoms with van der Waals surface area (Å²) in [5, 5.41) is 17.5. The van der Waals surface area contributed by atoms with Gasteiger partial charge in [0.2, 0.25) is 5.16 Å². The zero-order valence-corrected chi connectivity index (χ0v) is 16.0. The minimum absolute atomic E-state index is 0.319. The van der Waals surface area contributed by atoms with Gasteiger partial charge < -0.3 is 9.84 Å². The summed E-state index contributed by atoms with van der Waals surface area (Å²) in [6, 6.07) is 14.1. The van der Waals surface area contributed by atoms with Crippen LogP contribution in [0.3, 0.4) is 0 Å². The Kier molecular flexibility index (Phi) is 5.69. The fourth-order valence-electron chi connectivity index (χ4n) is 2.64. The Bertz CT molecular complexity index is 817. The lowest BCUT2D eigenvalue weighted by Gasteiger charge is -2.09. The number of aliphatic hydroxyl groups is 1. The molecular weight excluding hydrogens is 366 g/mol. The number of para-hydroxylation sites is 1. The van der Waals surface area contributed by atoms with Crippen molar-refractivity contribution in [2.75, 3.05) is 12.4 Å². The van der Waals surface area contributed by atoms with Gasteiger partial charge >= 0.3 is 0 Å². The highest BCUT2D eigenvalue weighted by Gasteiger charge is 2.30. The Morgan fingerprint density at radius 1 is 1.23 bits per heavy atom. The van der Waals surface area contributed by atoms with E-state index in [1.165, 1.54) is 29.5 Å². The minimum atomic E-state index is -0.534. The van der Waals surface area contributed by atoms with Gasteiger partial charge in [0, 0.05) is 16.5 Å². The maximum atomic E-state index is 10.1. The normalized spacial score (nSPS) is 15.3. The van der Waals surface area contributed by atoms with Gasteiger partial charge in [-0.05, 0) is 36.4 Å². The zero-order valence-electron chi connectivity index (χ0n) is 14.3. The lowest BCUT2D eigenvalue weighted by Crippen LogP contribution is -2.17. The molecule has 0 spiro atoms. The molecule has 136 valence electrons. The van der Waals surface area contributed by atoms with E-state index >= 15 is 0 Å². The third kappa shape index (κ3) is 4.54. The number of benzene rings is 1. The van der Waals surface area contributed by atoms with E-state index in [-0.39, 0.29) is 0 Å². The summed E-state index contributed by atoms with van der Waals surface area (Å²) in [4.78, 5) is 5.87. The van der Waals surface area contributed by atoms with Crippen LogP contribution in [0, 0.1) is 0 Å². The largest absolute Gasteiger partial charge is 0.390 e. The quantitative estimate of drug-likeness (QED) is 0.565. The molecule has 1 aromatic carbocycles. The summed E-state index contributed by atoms with van der Waals surface area (Å²) in [5.41, 5.74) is 1.04. The van der Waals surface area contributed by atoms with Crippen molar-refractivity contribution in [3.63, 3.8) is 0 Å². The number of aliphatic hydroxyl groups excluding tert-OH is 1. The summed E-state index contributed by atoms with van der Waals surface area (Å²) in [7, 11) is 0. The van der Waals surface area contributed by atoms with Crippen LogP contribution in [-0.4, -0.2) is 38.3 Å². The van der Waals surface area contributed by atoms with E-state index in [0.29, 0.717) is 30.0 Å². The van der Waals surface area contributed by atoms with E-state index in [1.807, 2.05) is 52.5 Å². The Balaban J connectivity index is 1.33. The Hall–Kier alpha value is -1.67. The van der Waals surface area contributed by atoms with Gasteiger partial charge in [-0.2, -0.15) is 0 Å². The number of nitrogens with zero attached hydrogens (tertiary/aromatic N) is 3. The molecule has 3 aromatic rings. The third-order valence-electron chi connectivity index (χ3n) is 4.10. The summed E-state index contributed by atoms with van der Waals surface area (Å²) < 4.78 is 7.52. The monoisotopic (exact) mass is 387 g/mol. The van der Waals surface area contributed by atoms with Crippen molar-refractivity contribution in [3.8, 4) is 5.69 Å². The van der Waals surface area contributed by atoms with Crippen LogP contribution in [0.15, 0.2) is 53.0 Å². The van der Waals surface area contributed by atoms with Gasteiger partial charge in [-0.3, -0.25) is 0 Å². The van der Waals surface area contributed by atoms with Crippen molar-refractivity contribution in [3.05, 3.63) is 58.5 Å². The van der Waals surface area contributed by atoms with E-state index in [2.05, 4.69) is 5.10 Å². The van der Waals surface area contributed by atoms with Crippen LogP contribution in [0.5, 0.6) is 0 Å². The summed E-state index contributed by atoms with van der Waals surface area (Å²) in [6.07, 6.45) is 1.82. The second-order valence-electron chi connectivity index (χ2n) is 6.33. The number of aromatic nitrogens is 3. The first-order valence-electron chi connectivity index (χ1n) is 8.73. The highest BCUT2D eigenvalue weighted by Crippen LogP contribution is 2.40. The molecule has 1 aliphatic carbocycles. The predicted molar refractivity (Wildman–Crippen MR) is 104 cm³/mol. The molecule has 2 heterocycles. The molecule has 7 heteroatoms. The van der Waals surface area contributed by atoms with Crippen molar-refractivity contribution in [1.29, 1.82) is 0 Å². The van der Waals surface area contributed by atoms with Crippen molar-refractivity contribution in [2.45, 2.75) is 36.6 Å². The lowest BCUT2D eigenvalue weighted by molar-refractivity contribution is 0.0409. The lowest BCUT2D eigenvalue weighted by atomic mass is 10.3. The van der Waals surface area contributed by atoms with Crippen molar-refractivity contribution in [2.24, 2.45) is 0 Å². The minimum Gasteiger partial charge on any atom is -0.390 e. The standard InChI is InChI=1S/C19H21N3O2S2/c23-16(11-24-12-17-7-4-10-25-17)13-26-19-20-18(14-8-9-14)22(21-19)15-5-2-1-3-6-15/h1-7,10,14,16,23H,8-9,11-13H2/t16-/m1/s1. The molecule has 4 rings (SSSR count). The molecule has 5 nitrogen and oxygen atoms in total. The Labute approximate surface area is 161 Å². The smallest absolute Gasteiger partial charge is 0.209 e. The SMILES string of the molecule is O[C@H](COCc1cccs1)CSc1nc(C2CC2)n(-c2ccccc2)n1. The Morgan fingerprint density at radius 2 is 2.08 bits per heavy atom. The molecule has 0 amide bonds. The van der Waals surface area contributed by atoms with Crippen molar-refractivity contribution in [1.82, 2.24) is 14.8 Å². The number of hydrogen-bond acceptors (Lipinski definition) is 6. The molecule has 0 unspecified atom stereocenters. The third-order valence-corrected chi connectivity index (χ3v) is 5.93. The van der Waals surface area contributed by atoms with E-state index in [1.54, 1.807) is 11.3 Å². The van der Waals surface area contributed by atoms with Gasteiger partial charge in [-0.15, -0.1) is 16.4 Å². The van der Waals surface area contributed by atoms with Crippen LogP contribution in [-0.2, 0) is 11.3 Å². The summed E-state index contributed by atoms with van der Waals surface area (Å²) in [6.45, 7) is 0.867. The van der Waals surface area contributed by atoms with Crippen LogP contribution in [0.2, 0.25) is 0 Å². The molecule has 1 N–H and O–H groups in total. The van der Waals surface area contributed by atoms with Crippen molar-refractivity contribution < 1.29 is 9.84 Å². The molecule has 0 radical (unpaired) electrons. The first-order valence-corrected chi connectivity index (χ1v) is 10.6. The zero-order chi connectivity index (χ0) is 17.8. The second-order valence-corrected chi connectivity index (χ2v) is 8.35. The first-order chi connectivity index (χ1) is 12.8. The maximum Gasteiger partial charge on any atom is 0.209 e. The highest BCUT2D eigenvalue weighted by atomic mass is 32.2. The molecule has 2 aromatic heterocycles. The molecule has 1 fully saturated rings. The molecule has 1 saturated carbocycles. The first kappa shape index (κ1) is 17.7. The number of thioether (sulfide) groups is 1. The fraction of sp³-hybridized carbons (Fsp3) is 0.368. The summed E-state index contributed by atoms with van der Waals surface area (Å²) >= 11 is 3.14. The highest BCUT2D eigenvalue weighted by molar-refractivity contribution is 7.99. The number of rotatable bonds is 9. The molecule has 0 saturated heterocycles. The summed E-state index contributed by atoms with van der Waals surface area (Å²) in [5.74, 6) is 2.06. The van der Waals surface area contributed by atoms with Crippen molar-refractivity contribution >= 4 is 23.1 Å².